The second-order valence-electron chi connectivity index (χ2n) is 8.56. The van der Waals surface area contributed by atoms with Crippen molar-refractivity contribution in [1.29, 1.82) is 5.26 Å². The number of rotatable bonds is 6. The summed E-state index contributed by atoms with van der Waals surface area (Å²) in [4.78, 5) is 52.1. The molecule has 1 aromatic carbocycles. The van der Waals surface area contributed by atoms with Crippen LogP contribution in [-0.2, 0) is 27.2 Å². The number of hydrogen-bond acceptors (Lipinski definition) is 7. The molecule has 2 aromatic rings. The molecule has 0 radical (unpaired) electrons. The smallest absolute Gasteiger partial charge is 0.308 e. The zero-order valence-corrected chi connectivity index (χ0v) is 19.9. The number of nitrogens with one attached hydrogen (secondary N) is 1. The molecular weight excluding hydrogens is 454 g/mol. The molecule has 1 unspecified atom stereocenters. The molecule has 4 rings (SSSR count). The predicted molar refractivity (Wildman–Crippen MR) is 126 cm³/mol. The van der Waals surface area contributed by atoms with E-state index in [9.17, 15) is 24.4 Å². The Labute approximate surface area is 201 Å². The van der Waals surface area contributed by atoms with Gasteiger partial charge in [-0.05, 0) is 57.2 Å². The van der Waals surface area contributed by atoms with Gasteiger partial charge >= 0.3 is 5.97 Å². The van der Waals surface area contributed by atoms with Gasteiger partial charge in [-0.1, -0.05) is 18.1 Å². The lowest BCUT2D eigenvalue weighted by atomic mass is 10.1. The number of nitrogens with zero attached hydrogens (tertiary/aromatic N) is 2. The summed E-state index contributed by atoms with van der Waals surface area (Å²) in [6.07, 6.45) is 3.61. The number of aryl methyl sites for hydroxylation is 2. The Balaban J connectivity index is 1.33. The summed E-state index contributed by atoms with van der Waals surface area (Å²) in [6, 6.07) is 7.22. The zero-order valence-electron chi connectivity index (χ0n) is 19.1. The van der Waals surface area contributed by atoms with Crippen molar-refractivity contribution in [3.8, 4) is 6.07 Å². The van der Waals surface area contributed by atoms with Crippen molar-refractivity contribution in [2.45, 2.75) is 58.5 Å². The molecule has 176 valence electrons. The molecule has 3 amide bonds. The van der Waals surface area contributed by atoms with E-state index in [-0.39, 0.29) is 13.0 Å². The van der Waals surface area contributed by atoms with Crippen LogP contribution in [0.3, 0.4) is 0 Å². The van der Waals surface area contributed by atoms with Gasteiger partial charge in [-0.2, -0.15) is 5.26 Å². The lowest BCUT2D eigenvalue weighted by Gasteiger charge is -2.16. The van der Waals surface area contributed by atoms with Crippen LogP contribution in [0.25, 0.3) is 0 Å². The van der Waals surface area contributed by atoms with Crippen LogP contribution in [0.2, 0.25) is 0 Å². The van der Waals surface area contributed by atoms with Gasteiger partial charge in [0.25, 0.3) is 17.7 Å². The van der Waals surface area contributed by atoms with Crippen LogP contribution in [0.5, 0.6) is 0 Å². The number of anilines is 1. The molecule has 2 heterocycles. The fourth-order valence-electron chi connectivity index (χ4n) is 4.28. The van der Waals surface area contributed by atoms with Crippen molar-refractivity contribution in [1.82, 2.24) is 4.90 Å². The number of hydrogen-bond donors (Lipinski definition) is 1. The number of esters is 1. The first-order chi connectivity index (χ1) is 16.3. The van der Waals surface area contributed by atoms with Crippen LogP contribution in [0, 0.1) is 18.3 Å². The van der Waals surface area contributed by atoms with Gasteiger partial charge in [-0.15, -0.1) is 11.3 Å². The largest absolute Gasteiger partial charge is 0.452 e. The highest BCUT2D eigenvalue weighted by Crippen LogP contribution is 2.37. The van der Waals surface area contributed by atoms with Crippen LogP contribution in [0.4, 0.5) is 5.00 Å². The summed E-state index contributed by atoms with van der Waals surface area (Å²) in [6.45, 7) is 3.15. The van der Waals surface area contributed by atoms with Crippen molar-refractivity contribution in [2.75, 3.05) is 11.9 Å². The van der Waals surface area contributed by atoms with E-state index in [0.717, 1.165) is 53.0 Å². The Hall–Kier alpha value is -3.51. The number of thiophene rings is 1. The zero-order chi connectivity index (χ0) is 24.4. The molecule has 34 heavy (non-hydrogen) atoms. The van der Waals surface area contributed by atoms with Crippen molar-refractivity contribution in [3.05, 3.63) is 50.9 Å². The molecule has 1 aromatic heterocycles. The summed E-state index contributed by atoms with van der Waals surface area (Å²) in [5.74, 6) is -2.11. The first-order valence-corrected chi connectivity index (χ1v) is 12.1. The third-order valence-corrected chi connectivity index (χ3v) is 7.32. The van der Waals surface area contributed by atoms with Crippen LogP contribution >= 0.6 is 11.3 Å². The monoisotopic (exact) mass is 479 g/mol. The normalized spacial score (nSPS) is 15.7. The first kappa shape index (κ1) is 23.6. The quantitative estimate of drug-likeness (QED) is 0.383. The number of amides is 3. The molecule has 0 saturated heterocycles. The third kappa shape index (κ3) is 4.59. The minimum atomic E-state index is -1.09. The highest BCUT2D eigenvalue weighted by molar-refractivity contribution is 7.16. The van der Waals surface area contributed by atoms with E-state index in [1.807, 2.05) is 6.92 Å². The molecule has 2 aliphatic rings. The van der Waals surface area contributed by atoms with Crippen molar-refractivity contribution < 1.29 is 23.9 Å². The van der Waals surface area contributed by atoms with Gasteiger partial charge in [0.15, 0.2) is 6.10 Å². The maximum atomic E-state index is 12.6. The fourth-order valence-corrected chi connectivity index (χ4v) is 5.53. The van der Waals surface area contributed by atoms with Crippen LogP contribution in [0.15, 0.2) is 18.2 Å². The van der Waals surface area contributed by atoms with Crippen molar-refractivity contribution in [3.63, 3.8) is 0 Å². The van der Waals surface area contributed by atoms with Gasteiger partial charge in [0.2, 0.25) is 0 Å². The Morgan fingerprint density at radius 3 is 2.68 bits per heavy atom. The summed E-state index contributed by atoms with van der Waals surface area (Å²) in [5.41, 5.74) is 3.02. The van der Waals surface area contributed by atoms with Crippen molar-refractivity contribution in [2.24, 2.45) is 0 Å². The molecule has 1 N–H and O–H groups in total. The lowest BCUT2D eigenvalue weighted by Crippen LogP contribution is -2.34. The minimum absolute atomic E-state index is 0.130. The molecule has 1 atom stereocenters. The van der Waals surface area contributed by atoms with Gasteiger partial charge in [-0.25, -0.2) is 0 Å². The van der Waals surface area contributed by atoms with Crippen LogP contribution in [-0.4, -0.2) is 41.2 Å². The number of nitriles is 1. The third-order valence-electron chi connectivity index (χ3n) is 6.11. The number of imide groups is 1. The molecule has 0 spiro atoms. The maximum Gasteiger partial charge on any atom is 0.308 e. The van der Waals surface area contributed by atoms with Crippen LogP contribution < -0.4 is 5.32 Å². The highest BCUT2D eigenvalue weighted by atomic mass is 32.1. The number of fused-ring (bicyclic) bond motifs is 2. The standard InChI is InChI=1S/C25H25N3O5S/c1-14-8-9-17-18(12-14)25(32)28(24(17)31)11-10-21(29)33-15(2)22(30)27-23-19(13-26)16-6-4-3-5-7-20(16)34-23/h8-9,12,15H,3-7,10-11H2,1-2H3,(H,27,30). The van der Waals surface area contributed by atoms with E-state index in [1.54, 1.807) is 18.2 Å². The SMILES string of the molecule is Cc1ccc2c(c1)C(=O)N(CCC(=O)OC(C)C(=O)Nc1sc3c(c1C#N)CCCCC3)C2=O. The number of benzene rings is 1. The average molecular weight is 480 g/mol. The van der Waals surface area contributed by atoms with Gasteiger partial charge in [-0.3, -0.25) is 24.1 Å². The van der Waals surface area contributed by atoms with Gasteiger partial charge < -0.3 is 10.1 Å². The van der Waals surface area contributed by atoms with Gasteiger partial charge in [0.05, 0.1) is 23.1 Å². The lowest BCUT2D eigenvalue weighted by molar-refractivity contribution is -0.153. The summed E-state index contributed by atoms with van der Waals surface area (Å²) >= 11 is 1.41. The van der Waals surface area contributed by atoms with Crippen LogP contribution in [0.1, 0.15) is 74.9 Å². The Bertz CT molecular complexity index is 1230. The number of carbonyl (C=O) groups excluding carboxylic acids is 4. The minimum Gasteiger partial charge on any atom is -0.452 e. The second kappa shape index (κ2) is 9.77. The molecule has 0 bridgehead atoms. The first-order valence-electron chi connectivity index (χ1n) is 11.3. The second-order valence-corrected chi connectivity index (χ2v) is 9.67. The fraction of sp³-hybridized carbons (Fsp3) is 0.400. The molecule has 0 fully saturated rings. The molecule has 1 aliphatic heterocycles. The van der Waals surface area contributed by atoms with E-state index >= 15 is 0 Å². The summed E-state index contributed by atoms with van der Waals surface area (Å²) in [7, 11) is 0. The molecule has 8 nitrogen and oxygen atoms in total. The number of carbonyl (C=O) groups is 4. The predicted octanol–water partition coefficient (Wildman–Crippen LogP) is 3.75. The number of ether oxygens (including phenoxy) is 1. The molecular formula is C25H25N3O5S. The van der Waals surface area contributed by atoms with E-state index < -0.39 is 29.8 Å². The molecule has 9 heteroatoms. The van der Waals surface area contributed by atoms with Gasteiger partial charge in [0, 0.05) is 11.4 Å². The Kier molecular flexibility index (Phi) is 6.80. The van der Waals surface area contributed by atoms with Crippen molar-refractivity contribution >= 4 is 40.0 Å². The maximum absolute atomic E-state index is 12.6. The summed E-state index contributed by atoms with van der Waals surface area (Å²) < 4.78 is 5.23. The Morgan fingerprint density at radius 1 is 1.18 bits per heavy atom. The van der Waals surface area contributed by atoms with E-state index in [4.69, 9.17) is 4.74 Å². The molecule has 0 saturated carbocycles. The average Bonchev–Trinajstić information content (AvgIpc) is 3.12. The van der Waals surface area contributed by atoms with E-state index in [1.165, 1.54) is 18.3 Å². The van der Waals surface area contributed by atoms with E-state index in [2.05, 4.69) is 11.4 Å². The molecule has 1 aliphatic carbocycles. The topological polar surface area (TPSA) is 117 Å². The summed E-state index contributed by atoms with van der Waals surface area (Å²) in [5, 5.41) is 12.8. The Morgan fingerprint density at radius 2 is 1.91 bits per heavy atom. The van der Waals surface area contributed by atoms with E-state index in [0.29, 0.717) is 21.7 Å². The highest BCUT2D eigenvalue weighted by Gasteiger charge is 2.35. The van der Waals surface area contributed by atoms with Gasteiger partial charge in [0.1, 0.15) is 11.1 Å².